The number of hydrogen-bond donors (Lipinski definition) is 1. The van der Waals surface area contributed by atoms with Gasteiger partial charge in [0.15, 0.2) is 6.29 Å². The van der Waals surface area contributed by atoms with E-state index in [4.69, 9.17) is 9.47 Å². The highest BCUT2D eigenvalue weighted by atomic mass is 16.7. The van der Waals surface area contributed by atoms with Crippen molar-refractivity contribution in [2.24, 2.45) is 45.8 Å². The van der Waals surface area contributed by atoms with E-state index < -0.39 is 34.6 Å². The van der Waals surface area contributed by atoms with Crippen molar-refractivity contribution in [3.8, 4) is 0 Å². The Morgan fingerprint density at radius 2 is 1.94 bits per heavy atom. The van der Waals surface area contributed by atoms with E-state index in [0.717, 1.165) is 24.7 Å². The SMILES string of the molecule is CC(C)C1=C[C@H]2C[C@@]3(C=O)[C@@H]4CC[C@@H](C)[C@H]4[C@@]2(CO[C@@H](C=O)O[C@H](C)C=O)[C@]13C(=O)O. The molecule has 4 aliphatic carbocycles. The molecule has 0 amide bonds. The van der Waals surface area contributed by atoms with Gasteiger partial charge in [-0.05, 0) is 49.4 Å². The van der Waals surface area contributed by atoms with E-state index in [1.54, 1.807) is 0 Å². The second-order valence-corrected chi connectivity index (χ2v) is 10.3. The summed E-state index contributed by atoms with van der Waals surface area (Å²) in [6.45, 7) is 7.62. The average molecular weight is 433 g/mol. The summed E-state index contributed by atoms with van der Waals surface area (Å²) in [6.07, 6.45) is 4.30. The number of carboxylic acid groups (broad SMARTS) is 1. The fourth-order valence-electron chi connectivity index (χ4n) is 8.32. The molecule has 0 unspecified atom stereocenters. The lowest BCUT2D eigenvalue weighted by molar-refractivity contribution is -0.194. The van der Waals surface area contributed by atoms with Crippen molar-refractivity contribution < 1.29 is 33.8 Å². The molecule has 1 N–H and O–H groups in total. The number of allylic oxidation sites excluding steroid dienone is 1. The largest absolute Gasteiger partial charge is 0.481 e. The van der Waals surface area contributed by atoms with E-state index in [1.165, 1.54) is 6.92 Å². The zero-order valence-electron chi connectivity index (χ0n) is 18.6. The van der Waals surface area contributed by atoms with Gasteiger partial charge in [0.1, 0.15) is 24.1 Å². The molecular weight excluding hydrogens is 400 g/mol. The number of rotatable bonds is 10. The fraction of sp³-hybridized carbons (Fsp3) is 0.750. The smallest absolute Gasteiger partial charge is 0.315 e. The van der Waals surface area contributed by atoms with E-state index in [2.05, 4.69) is 13.0 Å². The van der Waals surface area contributed by atoms with Gasteiger partial charge in [-0.1, -0.05) is 38.8 Å². The van der Waals surface area contributed by atoms with Crippen LogP contribution in [0.1, 0.15) is 47.0 Å². The molecule has 170 valence electrons. The van der Waals surface area contributed by atoms with Gasteiger partial charge in [0.05, 0.1) is 12.0 Å². The minimum absolute atomic E-state index is 0.00671. The molecule has 4 rings (SSSR count). The van der Waals surface area contributed by atoms with Gasteiger partial charge in [-0.25, -0.2) is 0 Å². The third kappa shape index (κ3) is 2.42. The molecule has 0 aromatic carbocycles. The zero-order chi connectivity index (χ0) is 22.8. The Morgan fingerprint density at radius 3 is 2.48 bits per heavy atom. The van der Waals surface area contributed by atoms with Crippen molar-refractivity contribution in [1.82, 2.24) is 0 Å². The molecule has 3 saturated carbocycles. The topological polar surface area (TPSA) is 107 Å². The molecule has 0 aromatic heterocycles. The van der Waals surface area contributed by atoms with Crippen LogP contribution < -0.4 is 0 Å². The van der Waals surface area contributed by atoms with Crippen molar-refractivity contribution >= 4 is 24.8 Å². The number of aldehydes is 3. The Labute approximate surface area is 182 Å². The number of ether oxygens (including phenoxy) is 2. The van der Waals surface area contributed by atoms with Gasteiger partial charge in [0.25, 0.3) is 0 Å². The second-order valence-electron chi connectivity index (χ2n) is 10.3. The molecule has 4 aliphatic rings. The van der Waals surface area contributed by atoms with Crippen molar-refractivity contribution in [3.63, 3.8) is 0 Å². The van der Waals surface area contributed by atoms with Crippen LogP contribution in [-0.2, 0) is 28.7 Å². The summed E-state index contributed by atoms with van der Waals surface area (Å²) in [7, 11) is 0. The van der Waals surface area contributed by atoms with Crippen LogP contribution in [-0.4, -0.2) is 48.9 Å². The molecule has 7 heteroatoms. The Bertz CT molecular complexity index is 834. The van der Waals surface area contributed by atoms with Crippen LogP contribution in [0.5, 0.6) is 0 Å². The van der Waals surface area contributed by atoms with Gasteiger partial charge in [0.2, 0.25) is 6.29 Å². The fourth-order valence-corrected chi connectivity index (χ4v) is 8.32. The van der Waals surface area contributed by atoms with Gasteiger partial charge in [-0.15, -0.1) is 0 Å². The first-order valence-corrected chi connectivity index (χ1v) is 11.3. The van der Waals surface area contributed by atoms with Crippen LogP contribution >= 0.6 is 0 Å². The summed E-state index contributed by atoms with van der Waals surface area (Å²) in [4.78, 5) is 48.5. The highest BCUT2D eigenvalue weighted by Gasteiger charge is 2.89. The van der Waals surface area contributed by atoms with Gasteiger partial charge < -0.3 is 24.2 Å². The summed E-state index contributed by atoms with van der Waals surface area (Å²) in [5.41, 5.74) is -2.29. The Hall–Kier alpha value is -1.86. The maximum atomic E-state index is 13.2. The molecule has 31 heavy (non-hydrogen) atoms. The molecular formula is C24H32O7. The van der Waals surface area contributed by atoms with Crippen LogP contribution in [0.25, 0.3) is 0 Å². The van der Waals surface area contributed by atoms with E-state index in [1.807, 2.05) is 13.8 Å². The quantitative estimate of drug-likeness (QED) is 0.321. The van der Waals surface area contributed by atoms with Crippen molar-refractivity contribution in [1.29, 1.82) is 0 Å². The molecule has 0 heterocycles. The summed E-state index contributed by atoms with van der Waals surface area (Å²) >= 11 is 0. The van der Waals surface area contributed by atoms with E-state index in [9.17, 15) is 24.3 Å². The van der Waals surface area contributed by atoms with E-state index in [-0.39, 0.29) is 36.2 Å². The number of carbonyl (C=O) groups excluding carboxylic acids is 3. The number of carboxylic acids is 1. The minimum Gasteiger partial charge on any atom is -0.481 e. The monoisotopic (exact) mass is 432 g/mol. The van der Waals surface area contributed by atoms with E-state index >= 15 is 0 Å². The highest BCUT2D eigenvalue weighted by Crippen LogP contribution is 2.87. The lowest BCUT2D eigenvalue weighted by Gasteiger charge is -2.46. The first-order valence-electron chi connectivity index (χ1n) is 11.3. The molecule has 7 nitrogen and oxygen atoms in total. The van der Waals surface area contributed by atoms with Gasteiger partial charge in [0, 0.05) is 5.41 Å². The summed E-state index contributed by atoms with van der Waals surface area (Å²) in [6, 6.07) is 0. The Morgan fingerprint density at radius 1 is 1.23 bits per heavy atom. The Balaban J connectivity index is 1.84. The van der Waals surface area contributed by atoms with E-state index in [0.29, 0.717) is 19.0 Å². The molecule has 0 saturated heterocycles. The summed E-state index contributed by atoms with van der Waals surface area (Å²) < 4.78 is 11.3. The maximum absolute atomic E-state index is 13.2. The third-order valence-electron chi connectivity index (χ3n) is 8.96. The lowest BCUT2D eigenvalue weighted by atomic mass is 9.55. The molecule has 3 fully saturated rings. The van der Waals surface area contributed by atoms with Crippen LogP contribution in [0.3, 0.4) is 0 Å². The number of fused-ring (bicyclic) bond motifs is 2. The predicted octanol–water partition coefficient (Wildman–Crippen LogP) is 2.67. The van der Waals surface area contributed by atoms with Gasteiger partial charge in [-0.2, -0.15) is 0 Å². The molecule has 9 atom stereocenters. The first-order chi connectivity index (χ1) is 14.7. The standard InChI is InChI=1S/C24H32O7/c1-13(2)18-7-16-8-22(11-27)17-6-5-14(3)20(17)23(16,24(18,22)21(28)29)12-30-19(10-26)31-15(4)9-25/h7,9-11,13-17,19-20H,5-6,8,12H2,1-4H3,(H,28,29)/t14-,15-,16+,17-,19-,20-,22-,23+,24+/m1/s1. The molecule has 0 radical (unpaired) electrons. The van der Waals surface area contributed by atoms with Crippen molar-refractivity contribution in [2.45, 2.75) is 59.4 Å². The normalized spacial score (nSPS) is 44.1. The second kappa shape index (κ2) is 7.34. The van der Waals surface area contributed by atoms with Crippen LogP contribution in [0.4, 0.5) is 0 Å². The molecule has 0 aliphatic heterocycles. The molecule has 0 aromatic rings. The Kier molecular flexibility index (Phi) is 5.29. The van der Waals surface area contributed by atoms with Crippen LogP contribution in [0.2, 0.25) is 0 Å². The highest BCUT2D eigenvalue weighted by molar-refractivity contribution is 5.91. The number of carbonyl (C=O) groups is 4. The minimum atomic E-state index is -1.34. The summed E-state index contributed by atoms with van der Waals surface area (Å²) in [5.74, 6) is -0.846. The van der Waals surface area contributed by atoms with Crippen LogP contribution in [0.15, 0.2) is 11.6 Å². The number of hydrogen-bond acceptors (Lipinski definition) is 6. The first kappa shape index (κ1) is 22.3. The van der Waals surface area contributed by atoms with Crippen molar-refractivity contribution in [3.05, 3.63) is 11.6 Å². The van der Waals surface area contributed by atoms with Crippen molar-refractivity contribution in [2.75, 3.05) is 6.61 Å². The molecule has 4 bridgehead atoms. The average Bonchev–Trinajstić information content (AvgIpc) is 3.40. The third-order valence-corrected chi connectivity index (χ3v) is 8.96. The zero-order valence-corrected chi connectivity index (χ0v) is 18.6. The number of aliphatic carboxylic acids is 1. The molecule has 0 spiro atoms. The summed E-state index contributed by atoms with van der Waals surface area (Å²) in [5, 5.41) is 10.8. The maximum Gasteiger partial charge on any atom is 0.315 e. The van der Waals surface area contributed by atoms with Crippen LogP contribution in [0, 0.1) is 45.8 Å². The predicted molar refractivity (Wildman–Crippen MR) is 110 cm³/mol. The van der Waals surface area contributed by atoms with Gasteiger partial charge >= 0.3 is 5.97 Å². The lowest BCUT2D eigenvalue weighted by Crippen LogP contribution is -2.54. The van der Waals surface area contributed by atoms with Gasteiger partial charge in [-0.3, -0.25) is 9.59 Å².